The van der Waals surface area contributed by atoms with Crippen molar-refractivity contribution >= 4 is 0 Å². The van der Waals surface area contributed by atoms with Crippen molar-refractivity contribution in [1.82, 2.24) is 0 Å². The van der Waals surface area contributed by atoms with Crippen LogP contribution in [0.5, 0.6) is 0 Å². The highest BCUT2D eigenvalue weighted by Crippen LogP contribution is 2.31. The first-order valence-electron chi connectivity index (χ1n) is 8.26. The molecule has 1 saturated heterocycles. The molecule has 0 bridgehead atoms. The van der Waals surface area contributed by atoms with Crippen molar-refractivity contribution in [1.29, 1.82) is 0 Å². The van der Waals surface area contributed by atoms with Crippen LogP contribution < -0.4 is 0 Å². The number of rotatable bonds is 2. The Kier molecular flexibility index (Phi) is 5.68. The van der Waals surface area contributed by atoms with Crippen LogP contribution in [0.3, 0.4) is 0 Å². The van der Waals surface area contributed by atoms with Gasteiger partial charge in [0.05, 0.1) is 18.8 Å². The van der Waals surface area contributed by atoms with E-state index >= 15 is 0 Å². The maximum absolute atomic E-state index is 14.5. The fourth-order valence-electron chi connectivity index (χ4n) is 2.69. The molecule has 148 valence electrons. The van der Waals surface area contributed by atoms with Gasteiger partial charge >= 0.3 is 6.18 Å². The molecule has 0 unspecified atom stereocenters. The zero-order valence-corrected chi connectivity index (χ0v) is 14.5. The Morgan fingerprint density at radius 3 is 2.07 bits per heavy atom. The first-order valence-corrected chi connectivity index (χ1v) is 8.26. The third-order valence-electron chi connectivity index (χ3n) is 4.01. The van der Waals surface area contributed by atoms with E-state index < -0.39 is 35.5 Å². The van der Waals surface area contributed by atoms with Gasteiger partial charge in [-0.2, -0.15) is 13.2 Å². The Morgan fingerprint density at radius 2 is 1.54 bits per heavy atom. The predicted molar refractivity (Wildman–Crippen MR) is 88.5 cm³/mol. The summed E-state index contributed by atoms with van der Waals surface area (Å²) in [5, 5.41) is 0. The summed E-state index contributed by atoms with van der Waals surface area (Å²) in [5.41, 5.74) is -0.922. The van der Waals surface area contributed by atoms with E-state index in [1.165, 1.54) is 18.1 Å². The number of halogens is 6. The lowest BCUT2D eigenvalue weighted by Crippen LogP contribution is -2.25. The van der Waals surface area contributed by atoms with Gasteiger partial charge < -0.3 is 9.47 Å². The topological polar surface area (TPSA) is 18.5 Å². The zero-order valence-electron chi connectivity index (χ0n) is 14.5. The molecule has 1 aliphatic heterocycles. The van der Waals surface area contributed by atoms with Crippen LogP contribution in [0, 0.1) is 35.2 Å². The number of alkyl halides is 3. The maximum Gasteiger partial charge on any atom is 0.458 e. The van der Waals surface area contributed by atoms with Crippen LogP contribution in [0.15, 0.2) is 30.3 Å². The molecule has 0 spiro atoms. The van der Waals surface area contributed by atoms with Crippen molar-refractivity contribution in [3.05, 3.63) is 58.9 Å². The molecule has 0 N–H and O–H groups in total. The van der Waals surface area contributed by atoms with Gasteiger partial charge in [-0.1, -0.05) is 25.0 Å². The highest BCUT2D eigenvalue weighted by Gasteiger charge is 2.24. The van der Waals surface area contributed by atoms with E-state index in [1.54, 1.807) is 0 Å². The summed E-state index contributed by atoms with van der Waals surface area (Å²) < 4.78 is 89.9. The van der Waals surface area contributed by atoms with Crippen LogP contribution >= 0.6 is 0 Å². The standard InChI is InChI=1S/C20H14F6O2/c1-11-9-27-19(28-10-11)12-2-3-14(16(21)6-12)13-7-17(22)15(18(23)8-13)4-5-20(24,25)26/h2-3,6-8,11,19H,9-10H2,1H3. The maximum atomic E-state index is 14.5. The SMILES string of the molecule is CC1COC(c2ccc(-c3cc(F)c(C#CC(F)(F)F)c(F)c3)c(F)c2)OC1. The molecule has 1 heterocycles. The quantitative estimate of drug-likeness (QED) is 0.499. The second-order valence-electron chi connectivity index (χ2n) is 6.41. The minimum atomic E-state index is -4.89. The highest BCUT2D eigenvalue weighted by atomic mass is 19.4. The summed E-state index contributed by atoms with van der Waals surface area (Å²) in [6, 6.07) is 5.38. The molecule has 28 heavy (non-hydrogen) atoms. The summed E-state index contributed by atoms with van der Waals surface area (Å²) in [6.07, 6.45) is -5.63. The van der Waals surface area contributed by atoms with Gasteiger partial charge in [0, 0.05) is 23.0 Å². The monoisotopic (exact) mass is 400 g/mol. The number of benzene rings is 2. The fraction of sp³-hybridized carbons (Fsp3) is 0.300. The van der Waals surface area contributed by atoms with Gasteiger partial charge in [0.25, 0.3) is 0 Å². The van der Waals surface area contributed by atoms with E-state index in [2.05, 4.69) is 0 Å². The average Bonchev–Trinajstić information content (AvgIpc) is 2.60. The van der Waals surface area contributed by atoms with Gasteiger partial charge in [0.2, 0.25) is 0 Å². The molecule has 0 atom stereocenters. The molecule has 2 aromatic carbocycles. The first-order chi connectivity index (χ1) is 13.1. The lowest BCUT2D eigenvalue weighted by atomic mass is 10.0. The van der Waals surface area contributed by atoms with E-state index in [-0.39, 0.29) is 17.0 Å². The smallest absolute Gasteiger partial charge is 0.348 e. The molecule has 0 radical (unpaired) electrons. The van der Waals surface area contributed by atoms with Crippen molar-refractivity contribution in [2.45, 2.75) is 19.4 Å². The number of hydrogen-bond donors (Lipinski definition) is 0. The van der Waals surface area contributed by atoms with Crippen LogP contribution in [0.4, 0.5) is 26.3 Å². The minimum Gasteiger partial charge on any atom is -0.348 e. The van der Waals surface area contributed by atoms with Crippen LogP contribution in [0.25, 0.3) is 11.1 Å². The summed E-state index contributed by atoms with van der Waals surface area (Å²) in [7, 11) is 0. The molecule has 0 aliphatic carbocycles. The molecule has 0 saturated carbocycles. The van der Waals surface area contributed by atoms with Crippen LogP contribution in [-0.4, -0.2) is 19.4 Å². The third-order valence-corrected chi connectivity index (χ3v) is 4.01. The first kappa shape index (κ1) is 20.2. The van der Waals surface area contributed by atoms with Gasteiger partial charge in [-0.05, 0) is 23.8 Å². The Bertz CT molecular complexity index is 911. The number of ether oxygens (including phenoxy) is 2. The summed E-state index contributed by atoms with van der Waals surface area (Å²) in [4.78, 5) is 0. The zero-order chi connectivity index (χ0) is 20.5. The van der Waals surface area contributed by atoms with E-state index in [4.69, 9.17) is 9.47 Å². The van der Waals surface area contributed by atoms with Crippen LogP contribution in [0.1, 0.15) is 24.3 Å². The van der Waals surface area contributed by atoms with Crippen molar-refractivity contribution in [3.8, 4) is 23.0 Å². The summed E-state index contributed by atoms with van der Waals surface area (Å²) in [6.45, 7) is 2.83. The molecule has 8 heteroatoms. The van der Waals surface area contributed by atoms with Gasteiger partial charge in [-0.25, -0.2) is 13.2 Å². The highest BCUT2D eigenvalue weighted by molar-refractivity contribution is 5.66. The summed E-state index contributed by atoms with van der Waals surface area (Å²) >= 11 is 0. The third kappa shape index (κ3) is 4.66. The Labute approximate surface area is 157 Å². The molecule has 2 nitrogen and oxygen atoms in total. The molecular formula is C20H14F6O2. The normalized spacial score (nSPS) is 19.8. The molecule has 2 aromatic rings. The second-order valence-corrected chi connectivity index (χ2v) is 6.41. The second kappa shape index (κ2) is 7.86. The lowest BCUT2D eigenvalue weighted by Gasteiger charge is -2.27. The fourth-order valence-corrected chi connectivity index (χ4v) is 2.69. The molecule has 0 amide bonds. The Morgan fingerprint density at radius 1 is 0.929 bits per heavy atom. The number of hydrogen-bond acceptors (Lipinski definition) is 2. The van der Waals surface area contributed by atoms with E-state index in [0.717, 1.165) is 24.1 Å². The van der Waals surface area contributed by atoms with Crippen molar-refractivity contribution in [2.75, 3.05) is 13.2 Å². The molecule has 3 rings (SSSR count). The Balaban J connectivity index is 1.90. The lowest BCUT2D eigenvalue weighted by molar-refractivity contribution is -0.202. The molecule has 1 fully saturated rings. The van der Waals surface area contributed by atoms with Crippen LogP contribution in [0.2, 0.25) is 0 Å². The Hall–Kier alpha value is -2.50. The summed E-state index contributed by atoms with van der Waals surface area (Å²) in [5.74, 6) is -0.977. The van der Waals surface area contributed by atoms with Crippen LogP contribution in [-0.2, 0) is 9.47 Å². The van der Waals surface area contributed by atoms with Gasteiger partial charge in [-0.15, -0.1) is 0 Å². The van der Waals surface area contributed by atoms with Gasteiger partial charge in [0.1, 0.15) is 17.5 Å². The van der Waals surface area contributed by atoms with Crippen molar-refractivity contribution in [3.63, 3.8) is 0 Å². The molecule has 0 aromatic heterocycles. The van der Waals surface area contributed by atoms with Gasteiger partial charge in [-0.3, -0.25) is 0 Å². The largest absolute Gasteiger partial charge is 0.458 e. The van der Waals surface area contributed by atoms with E-state index in [9.17, 15) is 26.3 Å². The predicted octanol–water partition coefficient (Wildman–Crippen LogP) is 5.37. The van der Waals surface area contributed by atoms with Crippen molar-refractivity contribution < 1.29 is 35.8 Å². The molecular weight excluding hydrogens is 386 g/mol. The van der Waals surface area contributed by atoms with Crippen molar-refractivity contribution in [2.24, 2.45) is 5.92 Å². The minimum absolute atomic E-state index is 0.124. The molecule has 1 aliphatic rings. The van der Waals surface area contributed by atoms with E-state index in [1.807, 2.05) is 6.92 Å². The van der Waals surface area contributed by atoms with Gasteiger partial charge in [0.15, 0.2) is 6.29 Å². The van der Waals surface area contributed by atoms with E-state index in [0.29, 0.717) is 18.8 Å². The average molecular weight is 400 g/mol.